The van der Waals surface area contributed by atoms with E-state index in [1.54, 1.807) is 5.57 Å². The van der Waals surface area contributed by atoms with E-state index in [4.69, 9.17) is 0 Å². The van der Waals surface area contributed by atoms with E-state index in [2.05, 4.69) is 29.2 Å². The van der Waals surface area contributed by atoms with Gasteiger partial charge in [-0.25, -0.2) is 0 Å². The molecule has 1 radical (unpaired) electrons. The molecule has 3 rings (SSSR count). The second-order valence-electron chi connectivity index (χ2n) is 5.24. The van der Waals surface area contributed by atoms with Gasteiger partial charge in [0.2, 0.25) is 0 Å². The largest absolute Gasteiger partial charge is 0.300 e. The molecule has 89 valence electrons. The number of hydrogen-bond donors (Lipinski definition) is 0. The van der Waals surface area contributed by atoms with Gasteiger partial charge in [0.15, 0.2) is 0 Å². The minimum absolute atomic E-state index is 0.917. The number of hydrogen-bond acceptors (Lipinski definition) is 1. The molecule has 2 aliphatic rings. The summed E-state index contributed by atoms with van der Waals surface area (Å²) in [6.07, 6.45) is 9.15. The molecule has 17 heavy (non-hydrogen) atoms. The normalized spacial score (nSPS) is 22.2. The summed E-state index contributed by atoms with van der Waals surface area (Å²) < 4.78 is 0. The van der Waals surface area contributed by atoms with Crippen LogP contribution < -0.4 is 0 Å². The van der Waals surface area contributed by atoms with Gasteiger partial charge in [-0.15, -0.1) is 0 Å². The molecule has 0 spiro atoms. The van der Waals surface area contributed by atoms with Gasteiger partial charge in [0, 0.05) is 19.1 Å². The van der Waals surface area contributed by atoms with E-state index in [9.17, 15) is 0 Å². The number of rotatable bonds is 2. The maximum Gasteiger partial charge on any atom is 0.00955 e. The first-order valence-corrected chi connectivity index (χ1v) is 6.82. The first kappa shape index (κ1) is 11.0. The maximum absolute atomic E-state index is 3.28. The third kappa shape index (κ3) is 2.61. The summed E-state index contributed by atoms with van der Waals surface area (Å²) in [5.41, 5.74) is 2.84. The van der Waals surface area contributed by atoms with E-state index < -0.39 is 0 Å². The second kappa shape index (κ2) is 5.05. The fraction of sp³-hybridized carbons (Fsp3) is 0.500. The molecule has 1 aromatic carbocycles. The molecule has 1 aliphatic heterocycles. The van der Waals surface area contributed by atoms with Crippen LogP contribution in [-0.2, 0) is 0 Å². The molecule has 0 amide bonds. The zero-order chi connectivity index (χ0) is 11.5. The Hall–Kier alpha value is -1.08. The average molecular weight is 226 g/mol. The van der Waals surface area contributed by atoms with Gasteiger partial charge in [-0.3, -0.25) is 4.90 Å². The van der Waals surface area contributed by atoms with Gasteiger partial charge in [0.1, 0.15) is 0 Å². The van der Waals surface area contributed by atoms with Crippen LogP contribution in [0.25, 0.3) is 6.08 Å². The fourth-order valence-corrected chi connectivity index (χ4v) is 2.79. The number of benzene rings is 1. The number of nitrogens with zero attached hydrogens (tertiary/aromatic N) is 1. The molecule has 2 fully saturated rings. The van der Waals surface area contributed by atoms with Crippen LogP contribution in [-0.4, -0.2) is 24.0 Å². The minimum Gasteiger partial charge on any atom is -0.300 e. The summed E-state index contributed by atoms with van der Waals surface area (Å²) in [6, 6.07) is 12.5. The van der Waals surface area contributed by atoms with E-state index in [1.807, 2.05) is 12.1 Å². The van der Waals surface area contributed by atoms with Crippen molar-refractivity contribution in [1.82, 2.24) is 4.90 Å². The van der Waals surface area contributed by atoms with Crippen molar-refractivity contribution in [2.24, 2.45) is 0 Å². The van der Waals surface area contributed by atoms with Crippen LogP contribution >= 0.6 is 0 Å². The van der Waals surface area contributed by atoms with Crippen LogP contribution in [0.5, 0.6) is 0 Å². The van der Waals surface area contributed by atoms with Crippen molar-refractivity contribution in [3.63, 3.8) is 0 Å². The third-order valence-electron chi connectivity index (χ3n) is 4.12. The molecule has 0 atom stereocenters. The number of likely N-dealkylation sites (tertiary alicyclic amines) is 1. The van der Waals surface area contributed by atoms with Crippen molar-refractivity contribution in [2.75, 3.05) is 13.1 Å². The van der Waals surface area contributed by atoms with Crippen LogP contribution in [0.2, 0.25) is 0 Å². The zero-order valence-electron chi connectivity index (χ0n) is 10.4. The van der Waals surface area contributed by atoms with Crippen LogP contribution in [0.15, 0.2) is 29.8 Å². The Bertz CT molecular complexity index is 379. The van der Waals surface area contributed by atoms with E-state index in [0.717, 1.165) is 6.04 Å². The molecule has 0 aromatic heterocycles. The summed E-state index contributed by atoms with van der Waals surface area (Å²) in [7, 11) is 0. The predicted molar refractivity (Wildman–Crippen MR) is 71.7 cm³/mol. The molecular formula is C16H20N. The van der Waals surface area contributed by atoms with Gasteiger partial charge < -0.3 is 0 Å². The molecule has 1 nitrogen and oxygen atoms in total. The van der Waals surface area contributed by atoms with Crippen molar-refractivity contribution in [2.45, 2.75) is 38.1 Å². The quantitative estimate of drug-likeness (QED) is 0.746. The summed E-state index contributed by atoms with van der Waals surface area (Å²) in [5.74, 6) is 0. The number of piperidine rings is 1. The molecule has 1 saturated heterocycles. The Morgan fingerprint density at radius 2 is 2.00 bits per heavy atom. The van der Waals surface area contributed by atoms with Crippen molar-refractivity contribution < 1.29 is 0 Å². The van der Waals surface area contributed by atoms with Crippen molar-refractivity contribution in [1.29, 1.82) is 0 Å². The molecule has 1 heteroatoms. The molecule has 1 saturated carbocycles. The van der Waals surface area contributed by atoms with Gasteiger partial charge in [-0.1, -0.05) is 42.3 Å². The first-order valence-electron chi connectivity index (χ1n) is 6.82. The van der Waals surface area contributed by atoms with Crippen LogP contribution in [0.3, 0.4) is 0 Å². The second-order valence-corrected chi connectivity index (χ2v) is 5.24. The standard InChI is InChI=1S/C16H20N/c1-2-5-14(6-3-1)13-15-9-11-17(12-10-15)16-7-4-8-16/h1-3,5,13,16H,4,7-12H2. The summed E-state index contributed by atoms with van der Waals surface area (Å²) in [5, 5.41) is 0. The van der Waals surface area contributed by atoms with Crippen molar-refractivity contribution in [3.8, 4) is 0 Å². The minimum atomic E-state index is 0.917. The van der Waals surface area contributed by atoms with Gasteiger partial charge in [-0.2, -0.15) is 0 Å². The predicted octanol–water partition coefficient (Wildman–Crippen LogP) is 3.52. The summed E-state index contributed by atoms with van der Waals surface area (Å²) in [4.78, 5) is 2.69. The monoisotopic (exact) mass is 226 g/mol. The lowest BCUT2D eigenvalue weighted by Gasteiger charge is -2.40. The van der Waals surface area contributed by atoms with Crippen molar-refractivity contribution >= 4 is 6.08 Å². The summed E-state index contributed by atoms with van der Waals surface area (Å²) >= 11 is 0. The first-order chi connectivity index (χ1) is 8.42. The van der Waals surface area contributed by atoms with Gasteiger partial charge in [0.05, 0.1) is 0 Å². The Kier molecular flexibility index (Phi) is 3.28. The maximum atomic E-state index is 3.28. The van der Waals surface area contributed by atoms with Crippen LogP contribution in [0, 0.1) is 6.07 Å². The Balaban J connectivity index is 1.59. The van der Waals surface area contributed by atoms with E-state index in [0.29, 0.717) is 0 Å². The highest BCUT2D eigenvalue weighted by Gasteiger charge is 2.26. The molecule has 1 heterocycles. The van der Waals surface area contributed by atoms with Gasteiger partial charge in [0.25, 0.3) is 0 Å². The molecule has 0 bridgehead atoms. The van der Waals surface area contributed by atoms with E-state index in [1.165, 1.54) is 50.8 Å². The Morgan fingerprint density at radius 3 is 2.59 bits per heavy atom. The van der Waals surface area contributed by atoms with Crippen LogP contribution in [0.4, 0.5) is 0 Å². The summed E-state index contributed by atoms with van der Waals surface area (Å²) in [6.45, 7) is 2.53. The topological polar surface area (TPSA) is 3.24 Å². The SMILES string of the molecule is [c]1ccccc1C=C1CCN(C2CCC2)CC1. The smallest absolute Gasteiger partial charge is 0.00955 e. The molecule has 1 aromatic rings. The molecule has 0 unspecified atom stereocenters. The van der Waals surface area contributed by atoms with Gasteiger partial charge in [-0.05, 0) is 37.3 Å². The lowest BCUT2D eigenvalue weighted by molar-refractivity contribution is 0.118. The molecular weight excluding hydrogens is 206 g/mol. The Labute approximate surface area is 104 Å². The highest BCUT2D eigenvalue weighted by atomic mass is 15.2. The highest BCUT2D eigenvalue weighted by molar-refractivity contribution is 5.52. The Morgan fingerprint density at radius 1 is 1.18 bits per heavy atom. The lowest BCUT2D eigenvalue weighted by atomic mass is 9.89. The van der Waals surface area contributed by atoms with E-state index in [-0.39, 0.29) is 0 Å². The molecule has 0 N–H and O–H groups in total. The van der Waals surface area contributed by atoms with Crippen LogP contribution in [0.1, 0.15) is 37.7 Å². The lowest BCUT2D eigenvalue weighted by Crippen LogP contribution is -2.43. The highest BCUT2D eigenvalue weighted by Crippen LogP contribution is 2.29. The van der Waals surface area contributed by atoms with Gasteiger partial charge >= 0.3 is 0 Å². The average Bonchev–Trinajstić information content (AvgIpc) is 2.31. The van der Waals surface area contributed by atoms with E-state index >= 15 is 0 Å². The zero-order valence-corrected chi connectivity index (χ0v) is 10.4. The molecule has 1 aliphatic carbocycles. The fourth-order valence-electron chi connectivity index (χ4n) is 2.79. The third-order valence-corrected chi connectivity index (χ3v) is 4.12. The van der Waals surface area contributed by atoms with Crippen molar-refractivity contribution in [3.05, 3.63) is 41.5 Å².